The van der Waals surface area contributed by atoms with E-state index in [2.05, 4.69) is 18.2 Å². The SMILES string of the molecule is N#Cc1cccc(-c2cc(-n3c4ccccc4c4cc(-c5cccnc5-c5ccccc5)ccc43)c(C(F)(F)F)cc2-n2c3ccccc3c3cc(-c4cccnc4-c4ccccc4)ccc32)c1. The van der Waals surface area contributed by atoms with E-state index in [9.17, 15) is 5.26 Å². The molecule has 12 rings (SSSR count). The average molecular weight is 884 g/mol. The first-order valence-corrected chi connectivity index (χ1v) is 22.2. The lowest BCUT2D eigenvalue weighted by molar-refractivity contribution is -0.137. The molecule has 0 saturated carbocycles. The number of fused-ring (bicyclic) bond motifs is 6. The number of benzene rings is 8. The van der Waals surface area contributed by atoms with Crippen molar-refractivity contribution in [2.45, 2.75) is 6.18 Å². The predicted octanol–water partition coefficient (Wildman–Crippen LogP) is 15.9. The van der Waals surface area contributed by atoms with Crippen LogP contribution < -0.4 is 0 Å². The predicted molar refractivity (Wildman–Crippen MR) is 268 cm³/mol. The minimum atomic E-state index is -4.78. The molecule has 0 bridgehead atoms. The van der Waals surface area contributed by atoms with E-state index in [1.807, 2.05) is 168 Å². The van der Waals surface area contributed by atoms with Crippen molar-refractivity contribution in [2.24, 2.45) is 0 Å². The summed E-state index contributed by atoms with van der Waals surface area (Å²) < 4.78 is 52.2. The van der Waals surface area contributed by atoms with E-state index in [1.54, 1.807) is 41.2 Å². The number of hydrogen-bond acceptors (Lipinski definition) is 3. The van der Waals surface area contributed by atoms with Crippen molar-refractivity contribution in [2.75, 3.05) is 0 Å². The molecule has 0 aliphatic heterocycles. The first-order chi connectivity index (χ1) is 33.3. The van der Waals surface area contributed by atoms with E-state index in [1.165, 1.54) is 6.07 Å². The zero-order chi connectivity index (χ0) is 45.9. The van der Waals surface area contributed by atoms with Crippen LogP contribution in [0, 0.1) is 11.3 Å². The molecular formula is C60H36F3N5. The lowest BCUT2D eigenvalue weighted by Crippen LogP contribution is -2.13. The Morgan fingerprint density at radius 1 is 0.382 bits per heavy atom. The van der Waals surface area contributed by atoms with E-state index < -0.39 is 11.7 Å². The van der Waals surface area contributed by atoms with Gasteiger partial charge in [0.05, 0.1) is 62.0 Å². The van der Waals surface area contributed by atoms with Gasteiger partial charge in [-0.2, -0.15) is 18.4 Å². The van der Waals surface area contributed by atoms with E-state index in [-0.39, 0.29) is 5.69 Å². The van der Waals surface area contributed by atoms with Gasteiger partial charge in [-0.15, -0.1) is 0 Å². The second-order valence-corrected chi connectivity index (χ2v) is 16.8. The first kappa shape index (κ1) is 40.4. The fraction of sp³-hybridized carbons (Fsp3) is 0.0167. The average Bonchev–Trinajstić information content (AvgIpc) is 3.90. The van der Waals surface area contributed by atoms with Crippen LogP contribution in [0.25, 0.3) is 111 Å². The number of halogens is 3. The number of rotatable bonds is 7. The maximum Gasteiger partial charge on any atom is 0.418 e. The van der Waals surface area contributed by atoms with Crippen LogP contribution in [0.1, 0.15) is 11.1 Å². The van der Waals surface area contributed by atoms with Gasteiger partial charge in [-0.25, -0.2) is 0 Å². The molecule has 0 spiro atoms. The van der Waals surface area contributed by atoms with Gasteiger partial charge in [0, 0.05) is 61.8 Å². The molecule has 8 heteroatoms. The first-order valence-electron chi connectivity index (χ1n) is 22.2. The highest BCUT2D eigenvalue weighted by atomic mass is 19.4. The van der Waals surface area contributed by atoms with Crippen LogP contribution in [0.2, 0.25) is 0 Å². The second kappa shape index (κ2) is 16.1. The number of alkyl halides is 3. The fourth-order valence-electron chi connectivity index (χ4n) is 9.89. The zero-order valence-corrected chi connectivity index (χ0v) is 36.2. The minimum absolute atomic E-state index is 0.0306. The number of nitrogens with zero attached hydrogens (tertiary/aromatic N) is 5. The normalized spacial score (nSPS) is 11.7. The Balaban J connectivity index is 1.12. The largest absolute Gasteiger partial charge is 0.418 e. The smallest absolute Gasteiger partial charge is 0.309 e. The Morgan fingerprint density at radius 3 is 1.38 bits per heavy atom. The molecule has 322 valence electrons. The summed E-state index contributed by atoms with van der Waals surface area (Å²) in [7, 11) is 0. The number of pyridine rings is 2. The summed E-state index contributed by atoms with van der Waals surface area (Å²) in [5, 5.41) is 13.5. The van der Waals surface area contributed by atoms with Gasteiger partial charge in [0.1, 0.15) is 0 Å². The minimum Gasteiger partial charge on any atom is -0.309 e. The lowest BCUT2D eigenvalue weighted by atomic mass is 9.97. The van der Waals surface area contributed by atoms with Crippen molar-refractivity contribution in [3.63, 3.8) is 0 Å². The number of aromatic nitrogens is 4. The van der Waals surface area contributed by atoms with Gasteiger partial charge in [-0.3, -0.25) is 9.97 Å². The summed E-state index contributed by atoms with van der Waals surface area (Å²) >= 11 is 0. The molecule has 0 atom stereocenters. The third kappa shape index (κ3) is 6.71. The summed E-state index contributed by atoms with van der Waals surface area (Å²) in [5.41, 5.74) is 11.0. The van der Waals surface area contributed by atoms with Gasteiger partial charge in [0.25, 0.3) is 0 Å². The van der Waals surface area contributed by atoms with Crippen molar-refractivity contribution in [1.29, 1.82) is 5.26 Å². The molecular weight excluding hydrogens is 848 g/mol. The maximum atomic E-state index is 16.2. The van der Waals surface area contributed by atoms with E-state index in [0.717, 1.165) is 77.3 Å². The third-order valence-corrected chi connectivity index (χ3v) is 12.9. The molecule has 0 amide bonds. The summed E-state index contributed by atoms with van der Waals surface area (Å²) in [6, 6.07) is 67.5. The second-order valence-electron chi connectivity index (χ2n) is 16.8. The molecule has 4 aromatic heterocycles. The Hall–Kier alpha value is -9.06. The molecule has 0 N–H and O–H groups in total. The Morgan fingerprint density at radius 2 is 0.853 bits per heavy atom. The molecule has 0 saturated heterocycles. The third-order valence-electron chi connectivity index (χ3n) is 12.9. The maximum absolute atomic E-state index is 16.2. The molecule has 68 heavy (non-hydrogen) atoms. The van der Waals surface area contributed by atoms with Crippen molar-refractivity contribution in [1.82, 2.24) is 19.1 Å². The monoisotopic (exact) mass is 883 g/mol. The van der Waals surface area contributed by atoms with E-state index >= 15 is 13.2 Å². The van der Waals surface area contributed by atoms with E-state index in [4.69, 9.17) is 9.97 Å². The van der Waals surface area contributed by atoms with Gasteiger partial charge >= 0.3 is 6.18 Å². The van der Waals surface area contributed by atoms with Gasteiger partial charge in [-0.05, 0) is 89.5 Å². The summed E-state index contributed by atoms with van der Waals surface area (Å²) in [5.74, 6) is 0. The molecule has 0 radical (unpaired) electrons. The molecule has 0 unspecified atom stereocenters. The lowest BCUT2D eigenvalue weighted by Gasteiger charge is -2.22. The molecule has 0 fully saturated rings. The molecule has 5 nitrogen and oxygen atoms in total. The quantitative estimate of drug-likeness (QED) is 0.160. The summed E-state index contributed by atoms with van der Waals surface area (Å²) in [4.78, 5) is 9.53. The molecule has 8 aromatic carbocycles. The molecule has 4 heterocycles. The van der Waals surface area contributed by atoms with E-state index in [0.29, 0.717) is 33.4 Å². The standard InChI is InChI=1S/C60H36F3N5/c61-60(62,63)51-36-56(67-52-24-9-7-20-46(52)49-33-42(26-28-54(49)67)44-22-12-30-65-58(44)39-15-3-1-4-16-39)48(41-19-11-14-38(32-41)37-64)35-57(51)68-53-25-10-8-21-47(53)50-34-43(27-29-55(50)68)45-23-13-31-66-59(45)40-17-5-2-6-18-40/h1-36H. The molecule has 0 aliphatic rings. The molecule has 12 aromatic rings. The Bertz CT molecular complexity index is 3970. The van der Waals surface area contributed by atoms with Gasteiger partial charge in [0.15, 0.2) is 0 Å². The highest BCUT2D eigenvalue weighted by molar-refractivity contribution is 6.13. The highest BCUT2D eigenvalue weighted by Crippen LogP contribution is 2.46. The zero-order valence-electron chi connectivity index (χ0n) is 36.2. The van der Waals surface area contributed by atoms with Gasteiger partial charge in [-0.1, -0.05) is 133 Å². The van der Waals surface area contributed by atoms with Crippen LogP contribution in [-0.2, 0) is 6.18 Å². The number of nitriles is 1. The van der Waals surface area contributed by atoms with Gasteiger partial charge in [0.2, 0.25) is 0 Å². The fourth-order valence-corrected chi connectivity index (χ4v) is 9.89. The van der Waals surface area contributed by atoms with Crippen LogP contribution in [-0.4, -0.2) is 19.1 Å². The Labute approximate surface area is 388 Å². The summed E-state index contributed by atoms with van der Waals surface area (Å²) in [6.45, 7) is 0. The topological polar surface area (TPSA) is 59.4 Å². The van der Waals surface area contributed by atoms with Crippen molar-refractivity contribution in [3.8, 4) is 73.3 Å². The summed E-state index contributed by atoms with van der Waals surface area (Å²) in [6.07, 6.45) is -1.24. The number of hydrogen-bond donors (Lipinski definition) is 0. The number of para-hydroxylation sites is 2. The van der Waals surface area contributed by atoms with Crippen molar-refractivity contribution >= 4 is 43.6 Å². The van der Waals surface area contributed by atoms with Crippen LogP contribution in [0.4, 0.5) is 13.2 Å². The van der Waals surface area contributed by atoms with Crippen LogP contribution >= 0.6 is 0 Å². The van der Waals surface area contributed by atoms with Crippen LogP contribution in [0.3, 0.4) is 0 Å². The highest BCUT2D eigenvalue weighted by Gasteiger charge is 2.37. The van der Waals surface area contributed by atoms with Crippen molar-refractivity contribution in [3.05, 3.63) is 230 Å². The van der Waals surface area contributed by atoms with Crippen LogP contribution in [0.5, 0.6) is 0 Å². The molecule has 0 aliphatic carbocycles. The van der Waals surface area contributed by atoms with Crippen LogP contribution in [0.15, 0.2) is 219 Å². The Kier molecular flexibility index (Phi) is 9.59. The van der Waals surface area contributed by atoms with Crippen molar-refractivity contribution < 1.29 is 13.2 Å². The van der Waals surface area contributed by atoms with Gasteiger partial charge < -0.3 is 9.13 Å².